The summed E-state index contributed by atoms with van der Waals surface area (Å²) in [5.74, 6) is 2.32. The Kier molecular flexibility index (Phi) is 6.92. The van der Waals surface area contributed by atoms with Crippen LogP contribution in [0.1, 0.15) is 30.9 Å². The minimum atomic E-state index is -3.03. The second kappa shape index (κ2) is 8.87. The molecule has 1 aromatic rings. The van der Waals surface area contributed by atoms with Gasteiger partial charge in [-0.3, -0.25) is 0 Å². The number of hydrogen-bond acceptors (Lipinski definition) is 4. The second-order valence-electron chi connectivity index (χ2n) is 8.08. The fraction of sp³-hybridized carbons (Fsp3) is 0.650. The van der Waals surface area contributed by atoms with E-state index in [2.05, 4.69) is 17.1 Å². The number of rotatable bonds is 5. The van der Waals surface area contributed by atoms with Crippen molar-refractivity contribution in [3.63, 3.8) is 0 Å². The third kappa shape index (κ3) is 4.81. The van der Waals surface area contributed by atoms with Crippen LogP contribution in [0.2, 0.25) is 0 Å². The Morgan fingerprint density at radius 2 is 1.86 bits per heavy atom. The first-order valence-electron chi connectivity index (χ1n) is 9.87. The molecule has 0 spiro atoms. The Labute approximate surface area is 185 Å². The van der Waals surface area contributed by atoms with Crippen LogP contribution in [-0.4, -0.2) is 57.4 Å². The lowest BCUT2D eigenvalue weighted by Crippen LogP contribution is -2.41. The van der Waals surface area contributed by atoms with E-state index in [0.29, 0.717) is 30.6 Å². The number of sulfone groups is 1. The van der Waals surface area contributed by atoms with Gasteiger partial charge in [-0.1, -0.05) is 24.3 Å². The molecule has 3 heterocycles. The van der Waals surface area contributed by atoms with Crippen LogP contribution >= 0.6 is 24.0 Å². The Balaban J connectivity index is 0.00000225. The van der Waals surface area contributed by atoms with Crippen molar-refractivity contribution in [2.45, 2.75) is 44.3 Å². The van der Waals surface area contributed by atoms with Gasteiger partial charge in [-0.05, 0) is 30.9 Å². The lowest BCUT2D eigenvalue weighted by molar-refractivity contribution is 0.0767. The van der Waals surface area contributed by atoms with Gasteiger partial charge in [-0.15, -0.1) is 24.0 Å². The van der Waals surface area contributed by atoms with Gasteiger partial charge in [0.05, 0.1) is 24.5 Å². The molecule has 0 radical (unpaired) electrons. The maximum absolute atomic E-state index is 11.5. The summed E-state index contributed by atoms with van der Waals surface area (Å²) in [6, 6.07) is 7.72. The lowest BCUT2D eigenvalue weighted by Gasteiger charge is -2.23. The topological polar surface area (TPSA) is 71.0 Å². The van der Waals surface area contributed by atoms with Crippen molar-refractivity contribution in [1.82, 2.24) is 10.2 Å². The van der Waals surface area contributed by atoms with E-state index in [9.17, 15) is 8.42 Å². The molecule has 4 unspecified atom stereocenters. The standard InChI is InChI=1S/C20H29N3O3S.HI/c1-3-21-20(23-11-16-17(12-23)19-8-7-18(16)26-19)22-10-14-5-4-6-15(9-14)13-27(2,24)25;/h4-6,9,16-19H,3,7-8,10-13H2,1-2H3,(H,21,22);1H. The van der Waals surface area contributed by atoms with Gasteiger partial charge in [0.1, 0.15) is 0 Å². The molecule has 6 nitrogen and oxygen atoms in total. The minimum absolute atomic E-state index is 0. The quantitative estimate of drug-likeness (QED) is 0.368. The van der Waals surface area contributed by atoms with E-state index in [1.54, 1.807) is 0 Å². The lowest BCUT2D eigenvalue weighted by atomic mass is 9.82. The number of likely N-dealkylation sites (tertiary alicyclic amines) is 1. The van der Waals surface area contributed by atoms with Gasteiger partial charge < -0.3 is 15.0 Å². The van der Waals surface area contributed by atoms with Crippen LogP contribution in [0.25, 0.3) is 0 Å². The Hall–Kier alpha value is -0.870. The average molecular weight is 519 g/mol. The van der Waals surface area contributed by atoms with Gasteiger partial charge >= 0.3 is 0 Å². The van der Waals surface area contributed by atoms with Crippen LogP contribution in [0.3, 0.4) is 0 Å². The zero-order valence-corrected chi connectivity index (χ0v) is 19.7. The van der Waals surface area contributed by atoms with Crippen molar-refractivity contribution in [2.24, 2.45) is 16.8 Å². The van der Waals surface area contributed by atoms with Gasteiger partial charge in [0, 0.05) is 37.7 Å². The molecule has 3 saturated heterocycles. The highest BCUT2D eigenvalue weighted by Crippen LogP contribution is 2.47. The van der Waals surface area contributed by atoms with Crippen LogP contribution in [0, 0.1) is 11.8 Å². The molecular formula is C20H30IN3O3S. The number of benzene rings is 1. The third-order valence-electron chi connectivity index (χ3n) is 5.92. The second-order valence-corrected chi connectivity index (χ2v) is 10.2. The number of aliphatic imine (C=N–C) groups is 1. The number of hydrogen-bond donors (Lipinski definition) is 1. The van der Waals surface area contributed by atoms with E-state index in [4.69, 9.17) is 9.73 Å². The van der Waals surface area contributed by atoms with Gasteiger partial charge in [-0.25, -0.2) is 13.4 Å². The van der Waals surface area contributed by atoms with Crippen LogP contribution in [0.4, 0.5) is 0 Å². The smallest absolute Gasteiger partial charge is 0.194 e. The number of nitrogens with zero attached hydrogens (tertiary/aromatic N) is 2. The summed E-state index contributed by atoms with van der Waals surface area (Å²) in [5.41, 5.74) is 1.86. The van der Waals surface area contributed by atoms with Crippen LogP contribution in [0.15, 0.2) is 29.3 Å². The molecule has 28 heavy (non-hydrogen) atoms. The molecule has 1 N–H and O–H groups in total. The Bertz CT molecular complexity index is 812. The summed E-state index contributed by atoms with van der Waals surface area (Å²) in [4.78, 5) is 7.22. The van der Waals surface area contributed by atoms with E-state index in [1.165, 1.54) is 19.1 Å². The van der Waals surface area contributed by atoms with Crippen LogP contribution < -0.4 is 5.32 Å². The fourth-order valence-electron chi connectivity index (χ4n) is 4.85. The van der Waals surface area contributed by atoms with Crippen molar-refractivity contribution in [2.75, 3.05) is 25.9 Å². The summed E-state index contributed by atoms with van der Waals surface area (Å²) in [6.45, 7) is 5.51. The molecule has 0 aromatic heterocycles. The van der Waals surface area contributed by atoms with E-state index < -0.39 is 9.84 Å². The first-order valence-corrected chi connectivity index (χ1v) is 11.9. The average Bonchev–Trinajstić information content (AvgIpc) is 3.30. The van der Waals surface area contributed by atoms with Gasteiger partial charge in [0.25, 0.3) is 0 Å². The molecular weight excluding hydrogens is 489 g/mol. The number of guanidine groups is 1. The Morgan fingerprint density at radius 3 is 2.46 bits per heavy atom. The molecule has 156 valence electrons. The van der Waals surface area contributed by atoms with E-state index in [-0.39, 0.29) is 29.7 Å². The summed E-state index contributed by atoms with van der Waals surface area (Å²) in [6.07, 6.45) is 4.57. The predicted octanol–water partition coefficient (Wildman–Crippen LogP) is 2.42. The first kappa shape index (κ1) is 21.8. The maximum atomic E-state index is 11.5. The SMILES string of the molecule is CCNC(=NCc1cccc(CS(C)(=O)=O)c1)N1CC2C3CCC(O3)C2C1.I. The molecule has 0 saturated carbocycles. The van der Waals surface area contributed by atoms with Crippen molar-refractivity contribution >= 4 is 39.8 Å². The third-order valence-corrected chi connectivity index (χ3v) is 6.78. The van der Waals surface area contributed by atoms with E-state index >= 15 is 0 Å². The summed E-state index contributed by atoms with van der Waals surface area (Å²) in [5, 5.41) is 3.43. The number of fused-ring (bicyclic) bond motifs is 5. The van der Waals surface area contributed by atoms with E-state index in [0.717, 1.165) is 36.7 Å². The molecule has 8 heteroatoms. The summed E-state index contributed by atoms with van der Waals surface area (Å²) < 4.78 is 29.1. The molecule has 3 aliphatic heterocycles. The Morgan fingerprint density at radius 1 is 1.21 bits per heavy atom. The summed E-state index contributed by atoms with van der Waals surface area (Å²) >= 11 is 0. The molecule has 3 aliphatic rings. The first-order chi connectivity index (χ1) is 12.9. The normalized spacial score (nSPS) is 28.9. The molecule has 0 aliphatic carbocycles. The highest BCUT2D eigenvalue weighted by Gasteiger charge is 2.53. The number of nitrogens with one attached hydrogen (secondary N) is 1. The van der Waals surface area contributed by atoms with Crippen LogP contribution in [-0.2, 0) is 26.9 Å². The molecule has 1 aromatic carbocycles. The predicted molar refractivity (Wildman–Crippen MR) is 122 cm³/mol. The van der Waals surface area contributed by atoms with Gasteiger partial charge in [0.2, 0.25) is 0 Å². The minimum Gasteiger partial charge on any atom is -0.374 e. The van der Waals surface area contributed by atoms with Crippen LogP contribution in [0.5, 0.6) is 0 Å². The summed E-state index contributed by atoms with van der Waals surface area (Å²) in [7, 11) is -3.03. The van der Waals surface area contributed by atoms with Crippen molar-refractivity contribution in [3.8, 4) is 0 Å². The largest absolute Gasteiger partial charge is 0.374 e. The van der Waals surface area contributed by atoms with Gasteiger partial charge in [0.15, 0.2) is 15.8 Å². The van der Waals surface area contributed by atoms with Crippen molar-refractivity contribution < 1.29 is 13.2 Å². The zero-order valence-electron chi connectivity index (χ0n) is 16.5. The highest BCUT2D eigenvalue weighted by atomic mass is 127. The molecule has 0 amide bonds. The molecule has 4 atom stereocenters. The van der Waals surface area contributed by atoms with Gasteiger partial charge in [-0.2, -0.15) is 0 Å². The van der Waals surface area contributed by atoms with Crippen molar-refractivity contribution in [3.05, 3.63) is 35.4 Å². The molecule has 4 rings (SSSR count). The fourth-order valence-corrected chi connectivity index (χ4v) is 5.63. The monoisotopic (exact) mass is 519 g/mol. The number of ether oxygens (including phenoxy) is 1. The van der Waals surface area contributed by atoms with Crippen molar-refractivity contribution in [1.29, 1.82) is 0 Å². The highest BCUT2D eigenvalue weighted by molar-refractivity contribution is 14.0. The van der Waals surface area contributed by atoms with E-state index in [1.807, 2.05) is 24.3 Å². The zero-order chi connectivity index (χ0) is 19.0. The molecule has 3 fully saturated rings. The number of halogens is 1. The maximum Gasteiger partial charge on any atom is 0.194 e. The molecule has 2 bridgehead atoms.